The Labute approximate surface area is 98.9 Å². The fourth-order valence-corrected chi connectivity index (χ4v) is 2.22. The average Bonchev–Trinajstić information content (AvgIpc) is 2.77. The highest BCUT2D eigenvalue weighted by molar-refractivity contribution is 7.16. The molecule has 0 saturated carbocycles. The first-order valence-electron chi connectivity index (χ1n) is 5.27. The zero-order valence-electron chi connectivity index (χ0n) is 8.94. The number of thiophene rings is 1. The van der Waals surface area contributed by atoms with Gasteiger partial charge in [0.05, 0.1) is 5.39 Å². The van der Waals surface area contributed by atoms with Gasteiger partial charge in [-0.25, -0.2) is 9.97 Å². The minimum atomic E-state index is 0.847. The van der Waals surface area contributed by atoms with E-state index in [2.05, 4.69) is 21.2 Å². The van der Waals surface area contributed by atoms with Gasteiger partial charge in [0.15, 0.2) is 0 Å². The summed E-state index contributed by atoms with van der Waals surface area (Å²) in [6, 6.07) is 2.05. The highest BCUT2D eigenvalue weighted by atomic mass is 32.1. The third kappa shape index (κ3) is 2.50. The van der Waals surface area contributed by atoms with E-state index in [9.17, 15) is 0 Å². The Hall–Kier alpha value is -1.60. The summed E-state index contributed by atoms with van der Waals surface area (Å²) in [5, 5.41) is 6.45. The molecule has 0 aromatic carbocycles. The van der Waals surface area contributed by atoms with Crippen LogP contribution in [0.4, 0.5) is 5.82 Å². The lowest BCUT2D eigenvalue weighted by Gasteiger charge is -2.05. The van der Waals surface area contributed by atoms with Crippen molar-refractivity contribution in [3.8, 4) is 12.3 Å². The Kier molecular flexibility index (Phi) is 3.73. The lowest BCUT2D eigenvalue weighted by molar-refractivity contribution is 0.788. The molecule has 3 nitrogen and oxygen atoms in total. The van der Waals surface area contributed by atoms with Gasteiger partial charge in [-0.1, -0.05) is 0 Å². The highest BCUT2D eigenvalue weighted by Crippen LogP contribution is 2.23. The van der Waals surface area contributed by atoms with Gasteiger partial charge in [0, 0.05) is 13.0 Å². The Balaban J connectivity index is 1.94. The number of unbranched alkanes of at least 4 members (excludes halogenated alkanes) is 2. The number of aromatic nitrogens is 2. The zero-order valence-corrected chi connectivity index (χ0v) is 9.76. The van der Waals surface area contributed by atoms with Gasteiger partial charge in [-0.05, 0) is 24.3 Å². The molecule has 2 aromatic rings. The standard InChI is InChI=1S/C12H13N3S/c1-2-3-4-5-7-13-11-10-6-8-16-12(10)15-9-14-11/h1,6,8-9H,3-5,7H2,(H,13,14,15). The molecule has 16 heavy (non-hydrogen) atoms. The molecule has 0 saturated heterocycles. The summed E-state index contributed by atoms with van der Waals surface area (Å²) < 4.78 is 0. The van der Waals surface area contributed by atoms with E-state index in [1.54, 1.807) is 17.7 Å². The van der Waals surface area contributed by atoms with Gasteiger partial charge in [-0.3, -0.25) is 0 Å². The van der Waals surface area contributed by atoms with E-state index in [1.807, 2.05) is 11.4 Å². The second-order valence-corrected chi connectivity index (χ2v) is 4.34. The minimum Gasteiger partial charge on any atom is -0.369 e. The third-order valence-electron chi connectivity index (χ3n) is 2.30. The average molecular weight is 231 g/mol. The second kappa shape index (κ2) is 5.47. The van der Waals surface area contributed by atoms with Crippen LogP contribution in [-0.2, 0) is 0 Å². The van der Waals surface area contributed by atoms with Crippen molar-refractivity contribution in [2.45, 2.75) is 19.3 Å². The largest absolute Gasteiger partial charge is 0.369 e. The fraction of sp³-hybridized carbons (Fsp3) is 0.333. The lowest BCUT2D eigenvalue weighted by atomic mass is 10.2. The highest BCUT2D eigenvalue weighted by Gasteiger charge is 2.02. The molecule has 1 N–H and O–H groups in total. The first-order chi connectivity index (χ1) is 7.92. The van der Waals surface area contributed by atoms with Gasteiger partial charge in [0.1, 0.15) is 17.0 Å². The Morgan fingerprint density at radius 1 is 1.38 bits per heavy atom. The monoisotopic (exact) mass is 231 g/mol. The van der Waals surface area contributed by atoms with E-state index in [-0.39, 0.29) is 0 Å². The molecule has 0 bridgehead atoms. The number of nitrogens with one attached hydrogen (secondary N) is 1. The smallest absolute Gasteiger partial charge is 0.138 e. The molecule has 2 rings (SSSR count). The van der Waals surface area contributed by atoms with Crippen molar-refractivity contribution in [3.05, 3.63) is 17.8 Å². The van der Waals surface area contributed by atoms with Gasteiger partial charge in [0.25, 0.3) is 0 Å². The summed E-state index contributed by atoms with van der Waals surface area (Å²) in [6.07, 6.45) is 9.77. The molecule has 0 amide bonds. The minimum absolute atomic E-state index is 0.847. The van der Waals surface area contributed by atoms with Crippen LogP contribution >= 0.6 is 11.3 Å². The summed E-state index contributed by atoms with van der Waals surface area (Å²) in [4.78, 5) is 9.47. The maximum absolute atomic E-state index is 5.19. The van der Waals surface area contributed by atoms with Crippen LogP contribution in [-0.4, -0.2) is 16.5 Å². The van der Waals surface area contributed by atoms with Crippen LogP contribution in [0.3, 0.4) is 0 Å². The topological polar surface area (TPSA) is 37.8 Å². The van der Waals surface area contributed by atoms with Crippen molar-refractivity contribution in [2.24, 2.45) is 0 Å². The number of hydrogen-bond donors (Lipinski definition) is 1. The summed E-state index contributed by atoms with van der Waals surface area (Å²) >= 11 is 1.63. The van der Waals surface area contributed by atoms with Crippen molar-refractivity contribution in [1.82, 2.24) is 9.97 Å². The van der Waals surface area contributed by atoms with E-state index >= 15 is 0 Å². The maximum atomic E-state index is 5.19. The summed E-state index contributed by atoms with van der Waals surface area (Å²) in [5.41, 5.74) is 0. The Bertz CT molecular complexity index is 498. The summed E-state index contributed by atoms with van der Waals surface area (Å²) in [6.45, 7) is 0.906. The number of hydrogen-bond acceptors (Lipinski definition) is 4. The van der Waals surface area contributed by atoms with Gasteiger partial charge in [-0.2, -0.15) is 0 Å². The van der Waals surface area contributed by atoms with Gasteiger partial charge in [-0.15, -0.1) is 23.7 Å². The molecule has 0 unspecified atom stereocenters. The van der Waals surface area contributed by atoms with Gasteiger partial charge >= 0.3 is 0 Å². The molecule has 0 fully saturated rings. The normalized spacial score (nSPS) is 10.2. The van der Waals surface area contributed by atoms with E-state index < -0.39 is 0 Å². The van der Waals surface area contributed by atoms with E-state index in [1.165, 1.54) is 0 Å². The quantitative estimate of drug-likeness (QED) is 0.635. The number of rotatable bonds is 5. The molecular weight excluding hydrogens is 218 g/mol. The van der Waals surface area contributed by atoms with Crippen LogP contribution in [0, 0.1) is 12.3 Å². The maximum Gasteiger partial charge on any atom is 0.138 e. The van der Waals surface area contributed by atoms with E-state index in [0.29, 0.717) is 0 Å². The third-order valence-corrected chi connectivity index (χ3v) is 3.12. The van der Waals surface area contributed by atoms with Gasteiger partial charge < -0.3 is 5.32 Å². The second-order valence-electron chi connectivity index (χ2n) is 3.45. The molecule has 0 aliphatic heterocycles. The molecule has 2 heterocycles. The van der Waals surface area contributed by atoms with Crippen molar-refractivity contribution in [3.63, 3.8) is 0 Å². The summed E-state index contributed by atoms with van der Waals surface area (Å²) in [7, 11) is 0. The van der Waals surface area contributed by atoms with Gasteiger partial charge in [0.2, 0.25) is 0 Å². The molecule has 2 aromatic heterocycles. The molecule has 0 radical (unpaired) electrons. The van der Waals surface area contributed by atoms with E-state index in [0.717, 1.165) is 41.8 Å². The molecule has 0 aliphatic carbocycles. The predicted molar refractivity (Wildman–Crippen MR) is 68.6 cm³/mol. The fourth-order valence-electron chi connectivity index (χ4n) is 1.49. The number of terminal acetylenes is 1. The Morgan fingerprint density at radius 3 is 3.19 bits per heavy atom. The van der Waals surface area contributed by atoms with Crippen molar-refractivity contribution in [2.75, 3.05) is 11.9 Å². The molecule has 0 spiro atoms. The van der Waals surface area contributed by atoms with Crippen molar-refractivity contribution < 1.29 is 0 Å². The van der Waals surface area contributed by atoms with Crippen LogP contribution in [0.2, 0.25) is 0 Å². The van der Waals surface area contributed by atoms with Crippen molar-refractivity contribution >= 4 is 27.4 Å². The first-order valence-corrected chi connectivity index (χ1v) is 6.15. The first kappa shape index (κ1) is 10.9. The SMILES string of the molecule is C#CCCCCNc1ncnc2sccc12. The summed E-state index contributed by atoms with van der Waals surface area (Å²) in [5.74, 6) is 3.56. The van der Waals surface area contributed by atoms with Crippen LogP contribution < -0.4 is 5.32 Å². The predicted octanol–water partition coefficient (Wildman–Crippen LogP) is 2.91. The number of fused-ring (bicyclic) bond motifs is 1. The van der Waals surface area contributed by atoms with Crippen LogP contribution in [0.5, 0.6) is 0 Å². The van der Waals surface area contributed by atoms with Crippen LogP contribution in [0.1, 0.15) is 19.3 Å². The molecule has 0 aliphatic rings. The number of anilines is 1. The van der Waals surface area contributed by atoms with E-state index in [4.69, 9.17) is 6.42 Å². The van der Waals surface area contributed by atoms with Crippen LogP contribution in [0.25, 0.3) is 10.2 Å². The van der Waals surface area contributed by atoms with Crippen LogP contribution in [0.15, 0.2) is 17.8 Å². The molecule has 82 valence electrons. The Morgan fingerprint density at radius 2 is 2.31 bits per heavy atom. The molecule has 0 atom stereocenters. The number of nitrogens with zero attached hydrogens (tertiary/aromatic N) is 2. The molecule has 4 heteroatoms. The zero-order chi connectivity index (χ0) is 11.2. The molecular formula is C12H13N3S. The lowest BCUT2D eigenvalue weighted by Crippen LogP contribution is -2.03. The van der Waals surface area contributed by atoms with Crippen molar-refractivity contribution in [1.29, 1.82) is 0 Å².